The van der Waals surface area contributed by atoms with Crippen LogP contribution in [0.2, 0.25) is 5.02 Å². The largest absolute Gasteiger partial charge is 0.497 e. The Kier molecular flexibility index (Phi) is 7.43. The fourth-order valence-corrected chi connectivity index (χ4v) is 4.29. The monoisotopic (exact) mass is 462 g/mol. The van der Waals surface area contributed by atoms with Crippen molar-refractivity contribution in [2.75, 3.05) is 20.2 Å². The lowest BCUT2D eigenvalue weighted by atomic mass is 9.97. The van der Waals surface area contributed by atoms with Crippen molar-refractivity contribution >= 4 is 23.3 Å². The maximum atomic E-state index is 13.1. The van der Waals surface area contributed by atoms with Gasteiger partial charge in [0.1, 0.15) is 5.75 Å². The average molecular weight is 463 g/mol. The summed E-state index contributed by atoms with van der Waals surface area (Å²) in [5.74, 6) is 0.464. The third-order valence-corrected chi connectivity index (χ3v) is 6.24. The number of likely N-dealkylation sites (tertiary alicyclic amines) is 1. The van der Waals surface area contributed by atoms with Crippen molar-refractivity contribution in [2.45, 2.75) is 25.4 Å². The molecule has 0 bridgehead atoms. The van der Waals surface area contributed by atoms with E-state index in [1.807, 2.05) is 12.1 Å². The zero-order valence-corrected chi connectivity index (χ0v) is 19.3. The highest BCUT2D eigenvalue weighted by atomic mass is 35.5. The zero-order valence-electron chi connectivity index (χ0n) is 18.6. The number of piperidine rings is 1. The molecule has 1 aliphatic rings. The maximum Gasteiger partial charge on any atom is 0.252 e. The van der Waals surface area contributed by atoms with Crippen molar-refractivity contribution in [3.63, 3.8) is 0 Å². The molecule has 0 atom stereocenters. The van der Waals surface area contributed by atoms with E-state index in [-0.39, 0.29) is 17.7 Å². The molecular weight excluding hydrogens is 436 g/mol. The van der Waals surface area contributed by atoms with Gasteiger partial charge in [-0.25, -0.2) is 0 Å². The van der Waals surface area contributed by atoms with Crippen LogP contribution in [0.4, 0.5) is 0 Å². The molecule has 0 aliphatic carbocycles. The Morgan fingerprint density at radius 2 is 1.67 bits per heavy atom. The van der Waals surface area contributed by atoms with Crippen molar-refractivity contribution < 1.29 is 14.3 Å². The number of amides is 1. The second-order valence-electron chi connectivity index (χ2n) is 8.26. The molecular formula is C27H27ClN2O3. The van der Waals surface area contributed by atoms with Crippen molar-refractivity contribution in [1.82, 2.24) is 10.2 Å². The standard InChI is InChI=1S/C27H27ClN2O3/c1-33-23-6-4-5-19(17-23)18-30-15-13-22(14-16-30)29-27(32)25-8-3-2-7-24(25)26(31)20-9-11-21(28)12-10-20/h2-12,17,22H,13-16,18H2,1H3,(H,29,32). The first kappa shape index (κ1) is 23.0. The van der Waals surface area contributed by atoms with Crippen LogP contribution in [0.5, 0.6) is 5.75 Å². The Morgan fingerprint density at radius 3 is 2.36 bits per heavy atom. The number of carbonyl (C=O) groups excluding carboxylic acids is 2. The molecule has 1 heterocycles. The van der Waals surface area contributed by atoms with E-state index in [1.165, 1.54) is 5.56 Å². The van der Waals surface area contributed by atoms with Crippen molar-refractivity contribution in [1.29, 1.82) is 0 Å². The van der Waals surface area contributed by atoms with E-state index in [4.69, 9.17) is 16.3 Å². The Hall–Kier alpha value is -3.15. The summed E-state index contributed by atoms with van der Waals surface area (Å²) in [6, 6.07) is 21.9. The van der Waals surface area contributed by atoms with Crippen LogP contribution < -0.4 is 10.1 Å². The molecule has 3 aromatic rings. The summed E-state index contributed by atoms with van der Waals surface area (Å²) in [5.41, 5.74) is 2.51. The van der Waals surface area contributed by atoms with E-state index in [0.29, 0.717) is 21.7 Å². The van der Waals surface area contributed by atoms with Gasteiger partial charge in [-0.15, -0.1) is 0 Å². The minimum absolute atomic E-state index is 0.0812. The third-order valence-electron chi connectivity index (χ3n) is 5.99. The van der Waals surface area contributed by atoms with Crippen LogP contribution in [0, 0.1) is 0 Å². The minimum atomic E-state index is -0.209. The van der Waals surface area contributed by atoms with Crippen molar-refractivity contribution in [2.24, 2.45) is 0 Å². The summed E-state index contributed by atoms with van der Waals surface area (Å²) in [6.45, 7) is 2.65. The van der Waals surface area contributed by atoms with E-state index in [1.54, 1.807) is 55.6 Å². The van der Waals surface area contributed by atoms with E-state index in [2.05, 4.69) is 22.3 Å². The molecule has 6 heteroatoms. The molecule has 0 spiro atoms. The molecule has 5 nitrogen and oxygen atoms in total. The lowest BCUT2D eigenvalue weighted by Gasteiger charge is -2.32. The number of hydrogen-bond acceptors (Lipinski definition) is 4. The van der Waals surface area contributed by atoms with Crippen LogP contribution in [0.3, 0.4) is 0 Å². The van der Waals surface area contributed by atoms with Crippen LogP contribution in [0.1, 0.15) is 44.7 Å². The fraction of sp³-hybridized carbons (Fsp3) is 0.259. The average Bonchev–Trinajstić information content (AvgIpc) is 2.85. The molecule has 0 aromatic heterocycles. The Labute approximate surface area is 199 Å². The number of hydrogen-bond donors (Lipinski definition) is 1. The number of halogens is 1. The van der Waals surface area contributed by atoms with Crippen LogP contribution in [-0.2, 0) is 6.54 Å². The van der Waals surface area contributed by atoms with Gasteiger partial charge in [0.2, 0.25) is 0 Å². The molecule has 1 fully saturated rings. The lowest BCUT2D eigenvalue weighted by molar-refractivity contribution is 0.0901. The summed E-state index contributed by atoms with van der Waals surface area (Å²) in [4.78, 5) is 28.4. The van der Waals surface area contributed by atoms with Crippen LogP contribution in [0.15, 0.2) is 72.8 Å². The predicted molar refractivity (Wildman–Crippen MR) is 130 cm³/mol. The summed E-state index contributed by atoms with van der Waals surface area (Å²) >= 11 is 5.94. The number of benzene rings is 3. The highest BCUT2D eigenvalue weighted by Gasteiger charge is 2.24. The lowest BCUT2D eigenvalue weighted by Crippen LogP contribution is -2.44. The summed E-state index contributed by atoms with van der Waals surface area (Å²) in [5, 5.41) is 3.70. The predicted octanol–water partition coefficient (Wildman–Crippen LogP) is 4.97. The number of nitrogens with one attached hydrogen (secondary N) is 1. The Morgan fingerprint density at radius 1 is 0.970 bits per heavy atom. The number of carbonyl (C=O) groups is 2. The molecule has 170 valence electrons. The molecule has 4 rings (SSSR count). The summed E-state index contributed by atoms with van der Waals surface area (Å²) in [7, 11) is 1.68. The Balaban J connectivity index is 1.36. The topological polar surface area (TPSA) is 58.6 Å². The summed E-state index contributed by atoms with van der Waals surface area (Å²) in [6.07, 6.45) is 1.73. The fourth-order valence-electron chi connectivity index (χ4n) is 4.16. The highest BCUT2D eigenvalue weighted by Crippen LogP contribution is 2.20. The molecule has 1 N–H and O–H groups in total. The van der Waals surface area contributed by atoms with E-state index >= 15 is 0 Å². The van der Waals surface area contributed by atoms with Gasteiger partial charge in [0.25, 0.3) is 5.91 Å². The van der Waals surface area contributed by atoms with Gasteiger partial charge < -0.3 is 10.1 Å². The molecule has 0 unspecified atom stereocenters. The second kappa shape index (κ2) is 10.6. The SMILES string of the molecule is COc1cccc(CN2CCC(NC(=O)c3ccccc3C(=O)c3ccc(Cl)cc3)CC2)c1. The first-order valence-corrected chi connectivity index (χ1v) is 11.5. The van der Waals surface area contributed by atoms with E-state index < -0.39 is 0 Å². The molecule has 0 radical (unpaired) electrons. The van der Waals surface area contributed by atoms with Crippen LogP contribution in [0.25, 0.3) is 0 Å². The molecule has 1 amide bonds. The van der Waals surface area contributed by atoms with Gasteiger partial charge in [-0.05, 0) is 60.9 Å². The van der Waals surface area contributed by atoms with Gasteiger partial charge in [-0.3, -0.25) is 14.5 Å². The number of nitrogens with zero attached hydrogens (tertiary/aromatic N) is 1. The molecule has 33 heavy (non-hydrogen) atoms. The van der Waals surface area contributed by atoms with Crippen LogP contribution >= 0.6 is 11.6 Å². The Bertz CT molecular complexity index is 1120. The van der Waals surface area contributed by atoms with Gasteiger partial charge in [0.05, 0.1) is 12.7 Å². The molecule has 1 aliphatic heterocycles. The minimum Gasteiger partial charge on any atom is -0.497 e. The van der Waals surface area contributed by atoms with E-state index in [0.717, 1.165) is 38.2 Å². The van der Waals surface area contributed by atoms with Gasteiger partial charge in [0.15, 0.2) is 5.78 Å². The number of methoxy groups -OCH3 is 1. The maximum absolute atomic E-state index is 13.1. The van der Waals surface area contributed by atoms with Gasteiger partial charge in [0, 0.05) is 41.8 Å². The molecule has 0 saturated carbocycles. The number of rotatable bonds is 7. The normalized spacial score (nSPS) is 14.6. The van der Waals surface area contributed by atoms with Crippen LogP contribution in [-0.4, -0.2) is 42.8 Å². The molecule has 3 aromatic carbocycles. The van der Waals surface area contributed by atoms with Gasteiger partial charge >= 0.3 is 0 Å². The summed E-state index contributed by atoms with van der Waals surface area (Å²) < 4.78 is 5.31. The zero-order chi connectivity index (χ0) is 23.2. The quantitative estimate of drug-likeness (QED) is 0.503. The first-order valence-electron chi connectivity index (χ1n) is 11.1. The number of ether oxygens (including phenoxy) is 1. The first-order chi connectivity index (χ1) is 16.0. The third kappa shape index (κ3) is 5.81. The van der Waals surface area contributed by atoms with E-state index in [9.17, 15) is 9.59 Å². The van der Waals surface area contributed by atoms with Gasteiger partial charge in [-0.1, -0.05) is 41.9 Å². The smallest absolute Gasteiger partial charge is 0.252 e. The molecule has 1 saturated heterocycles. The second-order valence-corrected chi connectivity index (χ2v) is 8.69. The van der Waals surface area contributed by atoms with Gasteiger partial charge in [-0.2, -0.15) is 0 Å². The number of ketones is 1. The van der Waals surface area contributed by atoms with Crippen molar-refractivity contribution in [3.05, 3.63) is 100 Å². The highest BCUT2D eigenvalue weighted by molar-refractivity contribution is 6.30. The van der Waals surface area contributed by atoms with Crippen molar-refractivity contribution in [3.8, 4) is 5.75 Å².